The van der Waals surface area contributed by atoms with E-state index in [4.69, 9.17) is 9.15 Å². The Kier molecular flexibility index (Phi) is 6.06. The molecule has 0 saturated carbocycles. The number of benzene rings is 1. The lowest BCUT2D eigenvalue weighted by atomic mass is 10.2. The number of aromatic nitrogens is 2. The molecule has 13 heteroatoms. The number of nitrogens with zero attached hydrogens (tertiary/aromatic N) is 1. The van der Waals surface area contributed by atoms with Crippen LogP contribution in [-0.2, 0) is 17.5 Å². The van der Waals surface area contributed by atoms with Crippen LogP contribution in [-0.4, -0.2) is 22.6 Å². The van der Waals surface area contributed by atoms with Gasteiger partial charge in [-0.25, -0.2) is 18.5 Å². The minimum absolute atomic E-state index is 0.0660. The number of hydrogen-bond donors (Lipinski definition) is 1. The highest BCUT2D eigenvalue weighted by Gasteiger charge is 2.33. The van der Waals surface area contributed by atoms with Crippen molar-refractivity contribution in [2.45, 2.75) is 12.8 Å². The Balaban J connectivity index is 2.00. The monoisotopic (exact) mass is 506 g/mol. The lowest BCUT2D eigenvalue weighted by Crippen LogP contribution is -2.36. The highest BCUT2D eigenvalue weighted by molar-refractivity contribution is 9.10. The Bertz CT molecular complexity index is 1230. The van der Waals surface area contributed by atoms with Gasteiger partial charge in [-0.3, -0.25) is 4.79 Å². The lowest BCUT2D eigenvalue weighted by Gasteiger charge is -2.13. The fraction of sp³-hybridized carbons (Fsp3) is 0.167. The second-order valence-corrected chi connectivity index (χ2v) is 6.79. The predicted molar refractivity (Wildman–Crippen MR) is 99.7 cm³/mol. The second-order valence-electron chi connectivity index (χ2n) is 5.93. The van der Waals surface area contributed by atoms with Crippen molar-refractivity contribution >= 4 is 21.9 Å². The summed E-state index contributed by atoms with van der Waals surface area (Å²) in [6.45, 7) is -0.320. The van der Waals surface area contributed by atoms with Crippen molar-refractivity contribution in [1.29, 1.82) is 0 Å². The van der Waals surface area contributed by atoms with Crippen molar-refractivity contribution in [3.05, 3.63) is 78.7 Å². The molecule has 1 N–H and O–H groups in total. The third kappa shape index (κ3) is 4.55. The zero-order chi connectivity index (χ0) is 22.9. The van der Waals surface area contributed by atoms with Gasteiger partial charge in [0.2, 0.25) is 0 Å². The van der Waals surface area contributed by atoms with E-state index in [0.717, 1.165) is 12.1 Å². The Hall–Kier alpha value is -3.35. The maximum absolute atomic E-state index is 14.4. The van der Waals surface area contributed by atoms with E-state index in [1.165, 1.54) is 24.4 Å². The molecule has 0 saturated heterocycles. The number of esters is 1. The Morgan fingerprint density at radius 2 is 1.97 bits per heavy atom. The van der Waals surface area contributed by atoms with Crippen LogP contribution in [0.2, 0.25) is 0 Å². The molecule has 0 atom stereocenters. The Labute approximate surface area is 178 Å². The van der Waals surface area contributed by atoms with Crippen LogP contribution in [0, 0.1) is 5.82 Å². The summed E-state index contributed by atoms with van der Waals surface area (Å²) in [6, 6.07) is 3.27. The van der Waals surface area contributed by atoms with Gasteiger partial charge in [-0.2, -0.15) is 13.2 Å². The van der Waals surface area contributed by atoms with Gasteiger partial charge >= 0.3 is 17.8 Å². The summed E-state index contributed by atoms with van der Waals surface area (Å²) in [6.07, 6.45) is -3.75. The SMILES string of the molecule is COC(=O)c1ccoc1COc1cc(-n2c(=O)cc(C(F)(F)F)[nH]c2=O)c(F)cc1Br. The number of carbonyl (C=O) groups is 1. The van der Waals surface area contributed by atoms with Crippen LogP contribution in [0.15, 0.2) is 49.0 Å². The number of hydrogen-bond acceptors (Lipinski definition) is 6. The molecule has 0 spiro atoms. The standard InChI is InChI=1S/C18H11BrF4N2O6/c1-29-16(27)8-2-3-30-13(8)7-31-12-5-11(10(20)4-9(12)19)25-15(26)6-14(18(21,22)23)24-17(25)28/h2-6H,7H2,1H3,(H,24,28). The first kappa shape index (κ1) is 22.3. The number of nitrogens with one attached hydrogen (secondary N) is 1. The number of methoxy groups -OCH3 is 1. The molecule has 1 aromatic carbocycles. The molecule has 2 heterocycles. The van der Waals surface area contributed by atoms with Crippen molar-refractivity contribution in [2.75, 3.05) is 7.11 Å². The Morgan fingerprint density at radius 1 is 1.26 bits per heavy atom. The number of ether oxygens (including phenoxy) is 2. The molecule has 0 aliphatic rings. The van der Waals surface area contributed by atoms with Gasteiger partial charge in [-0.15, -0.1) is 0 Å². The smallest absolute Gasteiger partial charge is 0.431 e. The predicted octanol–water partition coefficient (Wildman–Crippen LogP) is 3.40. The lowest BCUT2D eigenvalue weighted by molar-refractivity contribution is -0.141. The van der Waals surface area contributed by atoms with Gasteiger partial charge in [0.25, 0.3) is 5.56 Å². The summed E-state index contributed by atoms with van der Waals surface area (Å²) in [5.41, 5.74) is -5.03. The van der Waals surface area contributed by atoms with E-state index in [1.807, 2.05) is 0 Å². The van der Waals surface area contributed by atoms with Gasteiger partial charge in [0, 0.05) is 12.1 Å². The second kappa shape index (κ2) is 8.41. The summed E-state index contributed by atoms with van der Waals surface area (Å²) >= 11 is 3.04. The van der Waals surface area contributed by atoms with Gasteiger partial charge < -0.3 is 18.9 Å². The van der Waals surface area contributed by atoms with E-state index >= 15 is 0 Å². The maximum atomic E-state index is 14.4. The molecule has 0 bridgehead atoms. The largest absolute Gasteiger partial charge is 0.484 e. The molecule has 0 radical (unpaired) electrons. The van der Waals surface area contributed by atoms with Crippen molar-refractivity contribution in [3.63, 3.8) is 0 Å². The average Bonchev–Trinajstić information content (AvgIpc) is 3.15. The fourth-order valence-electron chi connectivity index (χ4n) is 2.56. The number of H-pyrrole nitrogens is 1. The van der Waals surface area contributed by atoms with E-state index in [9.17, 15) is 31.9 Å². The van der Waals surface area contributed by atoms with Crippen LogP contribution in [0.1, 0.15) is 21.8 Å². The molecule has 0 unspecified atom stereocenters. The molecule has 0 fully saturated rings. The van der Waals surface area contributed by atoms with Crippen LogP contribution in [0.3, 0.4) is 0 Å². The number of furan rings is 1. The number of halogens is 5. The van der Waals surface area contributed by atoms with Crippen LogP contribution >= 0.6 is 15.9 Å². The summed E-state index contributed by atoms with van der Waals surface area (Å²) in [7, 11) is 1.17. The van der Waals surface area contributed by atoms with E-state index in [1.54, 1.807) is 0 Å². The van der Waals surface area contributed by atoms with Gasteiger partial charge in [0.15, 0.2) is 5.76 Å². The average molecular weight is 507 g/mol. The van der Waals surface area contributed by atoms with Crippen molar-refractivity contribution in [3.8, 4) is 11.4 Å². The van der Waals surface area contributed by atoms with E-state index < -0.39 is 40.6 Å². The molecule has 0 aliphatic heterocycles. The maximum Gasteiger partial charge on any atom is 0.431 e. The minimum atomic E-state index is -4.97. The normalized spacial score (nSPS) is 11.4. The first-order valence-corrected chi connectivity index (χ1v) is 9.02. The molecule has 3 aromatic rings. The van der Waals surface area contributed by atoms with Crippen molar-refractivity contribution < 1.29 is 36.2 Å². The van der Waals surface area contributed by atoms with Crippen LogP contribution < -0.4 is 16.0 Å². The van der Waals surface area contributed by atoms with Gasteiger partial charge in [0.1, 0.15) is 29.4 Å². The van der Waals surface area contributed by atoms with E-state index in [0.29, 0.717) is 0 Å². The number of aromatic amines is 1. The first-order chi connectivity index (χ1) is 14.5. The third-order valence-electron chi connectivity index (χ3n) is 3.99. The molecule has 164 valence electrons. The molecule has 8 nitrogen and oxygen atoms in total. The summed E-state index contributed by atoms with van der Waals surface area (Å²) in [5.74, 6) is -1.78. The highest BCUT2D eigenvalue weighted by atomic mass is 79.9. The minimum Gasteiger partial charge on any atom is -0.484 e. The van der Waals surface area contributed by atoms with E-state index in [2.05, 4.69) is 20.7 Å². The first-order valence-electron chi connectivity index (χ1n) is 8.23. The highest BCUT2D eigenvalue weighted by Crippen LogP contribution is 2.31. The summed E-state index contributed by atoms with van der Waals surface area (Å²) < 4.78 is 68.2. The van der Waals surface area contributed by atoms with Gasteiger partial charge in [-0.1, -0.05) is 0 Å². The molecule has 3 rings (SSSR count). The number of alkyl halides is 3. The van der Waals surface area contributed by atoms with Crippen LogP contribution in [0.25, 0.3) is 5.69 Å². The van der Waals surface area contributed by atoms with Crippen LogP contribution in [0.5, 0.6) is 5.75 Å². The number of carbonyl (C=O) groups excluding carboxylic acids is 1. The van der Waals surface area contributed by atoms with E-state index in [-0.39, 0.29) is 38.8 Å². The third-order valence-corrected chi connectivity index (χ3v) is 4.61. The van der Waals surface area contributed by atoms with Gasteiger partial charge in [-0.05, 0) is 28.1 Å². The molecule has 31 heavy (non-hydrogen) atoms. The topological polar surface area (TPSA) is 104 Å². The fourth-order valence-corrected chi connectivity index (χ4v) is 2.99. The zero-order valence-corrected chi connectivity index (χ0v) is 17.0. The summed E-state index contributed by atoms with van der Waals surface area (Å²) in [4.78, 5) is 37.4. The van der Waals surface area contributed by atoms with Crippen molar-refractivity contribution in [2.24, 2.45) is 0 Å². The molecule has 0 amide bonds. The molecular formula is C18H11BrF4N2O6. The number of rotatable bonds is 5. The molecule has 0 aliphatic carbocycles. The Morgan fingerprint density at radius 3 is 2.58 bits per heavy atom. The zero-order valence-electron chi connectivity index (χ0n) is 15.4. The van der Waals surface area contributed by atoms with Crippen LogP contribution in [0.4, 0.5) is 17.6 Å². The van der Waals surface area contributed by atoms with Crippen molar-refractivity contribution in [1.82, 2.24) is 9.55 Å². The van der Waals surface area contributed by atoms with Gasteiger partial charge in [0.05, 0.1) is 23.5 Å². The summed E-state index contributed by atoms with van der Waals surface area (Å²) in [5, 5.41) is 0. The quantitative estimate of drug-likeness (QED) is 0.420. The molecule has 2 aromatic heterocycles. The molecular weight excluding hydrogens is 496 g/mol.